The molecule has 0 unspecified atom stereocenters. The van der Waals surface area contributed by atoms with Gasteiger partial charge in [-0.25, -0.2) is 13.1 Å². The van der Waals surface area contributed by atoms with E-state index in [9.17, 15) is 8.42 Å². The standard InChI is InChI=1S/C17H18ClN5O2S/c1-10-7-12(10)14-8-17(21-20-14)22-26(24,25)16-9-19-23(11(16)2)15-6-4-3-5-13(15)18/h3-6,8-10,12H,7H2,1-2H3,(H2,20,21,22)/t10-,12-/m1/s1. The van der Waals surface area contributed by atoms with Gasteiger partial charge in [-0.15, -0.1) is 0 Å². The minimum absolute atomic E-state index is 0.0850. The van der Waals surface area contributed by atoms with Crippen LogP contribution in [0.5, 0.6) is 0 Å². The summed E-state index contributed by atoms with van der Waals surface area (Å²) in [5, 5.41) is 11.7. The summed E-state index contributed by atoms with van der Waals surface area (Å²) in [6, 6.07) is 8.88. The predicted molar refractivity (Wildman–Crippen MR) is 99.2 cm³/mol. The highest BCUT2D eigenvalue weighted by Crippen LogP contribution is 2.46. The minimum atomic E-state index is -3.81. The number of benzene rings is 1. The molecule has 1 aliphatic carbocycles. The number of anilines is 1. The Bertz CT molecular complexity index is 1070. The molecule has 1 fully saturated rings. The highest BCUT2D eigenvalue weighted by atomic mass is 35.5. The molecule has 2 heterocycles. The van der Waals surface area contributed by atoms with E-state index in [4.69, 9.17) is 11.6 Å². The molecule has 26 heavy (non-hydrogen) atoms. The number of halogens is 1. The molecule has 3 aromatic rings. The molecule has 2 aromatic heterocycles. The van der Waals surface area contributed by atoms with Gasteiger partial charge < -0.3 is 0 Å². The summed E-state index contributed by atoms with van der Waals surface area (Å²) in [4.78, 5) is 0.0850. The van der Waals surface area contributed by atoms with Gasteiger partial charge >= 0.3 is 0 Å². The summed E-state index contributed by atoms with van der Waals surface area (Å²) in [5.74, 6) is 1.32. The summed E-state index contributed by atoms with van der Waals surface area (Å²) >= 11 is 6.19. The number of para-hydroxylation sites is 1. The molecule has 0 radical (unpaired) electrons. The normalized spacial score (nSPS) is 19.5. The van der Waals surface area contributed by atoms with E-state index >= 15 is 0 Å². The van der Waals surface area contributed by atoms with Crippen molar-refractivity contribution < 1.29 is 8.42 Å². The van der Waals surface area contributed by atoms with Crippen molar-refractivity contribution in [2.24, 2.45) is 5.92 Å². The summed E-state index contributed by atoms with van der Waals surface area (Å²) in [6.45, 7) is 3.84. The number of sulfonamides is 1. The Labute approximate surface area is 156 Å². The fraction of sp³-hybridized carbons (Fsp3) is 0.294. The van der Waals surface area contributed by atoms with Gasteiger partial charge in [-0.05, 0) is 31.4 Å². The molecule has 136 valence electrons. The van der Waals surface area contributed by atoms with Gasteiger partial charge in [0.2, 0.25) is 0 Å². The molecule has 1 aliphatic rings. The van der Waals surface area contributed by atoms with Crippen molar-refractivity contribution in [1.82, 2.24) is 20.0 Å². The van der Waals surface area contributed by atoms with Crippen LogP contribution in [0.3, 0.4) is 0 Å². The smallest absolute Gasteiger partial charge is 0.266 e. The van der Waals surface area contributed by atoms with Crippen molar-refractivity contribution in [3.63, 3.8) is 0 Å². The van der Waals surface area contributed by atoms with Gasteiger partial charge in [0.25, 0.3) is 10.0 Å². The van der Waals surface area contributed by atoms with Crippen molar-refractivity contribution in [2.45, 2.75) is 31.1 Å². The van der Waals surface area contributed by atoms with E-state index in [0.29, 0.717) is 28.2 Å². The minimum Gasteiger partial charge on any atom is -0.280 e. The average molecular weight is 392 g/mol. The molecule has 2 atom stereocenters. The van der Waals surface area contributed by atoms with Crippen molar-refractivity contribution in [3.05, 3.63) is 52.9 Å². The highest BCUT2D eigenvalue weighted by molar-refractivity contribution is 7.92. The maximum absolute atomic E-state index is 12.8. The van der Waals surface area contributed by atoms with Crippen LogP contribution in [0.2, 0.25) is 5.02 Å². The average Bonchev–Trinajstić information content (AvgIpc) is 2.97. The van der Waals surface area contributed by atoms with Crippen molar-refractivity contribution in [1.29, 1.82) is 0 Å². The van der Waals surface area contributed by atoms with Gasteiger partial charge in [-0.2, -0.15) is 10.2 Å². The number of nitrogens with zero attached hydrogens (tertiary/aromatic N) is 3. The van der Waals surface area contributed by atoms with Crippen LogP contribution in [-0.4, -0.2) is 28.4 Å². The molecule has 1 aromatic carbocycles. The zero-order valence-electron chi connectivity index (χ0n) is 14.3. The molecule has 7 nitrogen and oxygen atoms in total. The number of rotatable bonds is 5. The van der Waals surface area contributed by atoms with E-state index in [1.807, 2.05) is 6.07 Å². The topological polar surface area (TPSA) is 92.7 Å². The molecule has 0 saturated heterocycles. The first-order valence-electron chi connectivity index (χ1n) is 8.24. The Balaban J connectivity index is 1.62. The fourth-order valence-corrected chi connectivity index (χ4v) is 4.42. The Morgan fingerprint density at radius 3 is 2.77 bits per heavy atom. The first kappa shape index (κ1) is 17.1. The molecular weight excluding hydrogens is 374 g/mol. The number of hydrogen-bond donors (Lipinski definition) is 2. The maximum Gasteiger partial charge on any atom is 0.266 e. The zero-order chi connectivity index (χ0) is 18.5. The Kier molecular flexibility index (Phi) is 4.04. The summed E-state index contributed by atoms with van der Waals surface area (Å²) in [7, 11) is -3.81. The van der Waals surface area contributed by atoms with E-state index in [-0.39, 0.29) is 10.7 Å². The van der Waals surface area contributed by atoms with Gasteiger partial charge in [0.15, 0.2) is 5.82 Å². The molecule has 0 spiro atoms. The molecule has 0 aliphatic heterocycles. The van der Waals surface area contributed by atoms with Gasteiger partial charge in [-0.3, -0.25) is 9.82 Å². The van der Waals surface area contributed by atoms with Crippen LogP contribution < -0.4 is 4.72 Å². The lowest BCUT2D eigenvalue weighted by Crippen LogP contribution is -2.14. The second-order valence-electron chi connectivity index (χ2n) is 6.59. The van der Waals surface area contributed by atoms with E-state index in [2.05, 4.69) is 26.9 Å². The first-order chi connectivity index (χ1) is 12.4. The third-order valence-electron chi connectivity index (χ3n) is 4.68. The summed E-state index contributed by atoms with van der Waals surface area (Å²) in [6.07, 6.45) is 2.41. The van der Waals surface area contributed by atoms with Crippen LogP contribution in [0.25, 0.3) is 5.69 Å². The molecular formula is C17H18ClN5O2S. The van der Waals surface area contributed by atoms with E-state index in [1.54, 1.807) is 31.2 Å². The third-order valence-corrected chi connectivity index (χ3v) is 6.46. The van der Waals surface area contributed by atoms with Crippen LogP contribution in [0.4, 0.5) is 5.82 Å². The Morgan fingerprint density at radius 1 is 1.35 bits per heavy atom. The number of H-pyrrole nitrogens is 1. The largest absolute Gasteiger partial charge is 0.280 e. The quantitative estimate of drug-likeness (QED) is 0.696. The zero-order valence-corrected chi connectivity index (χ0v) is 15.8. The molecule has 0 bridgehead atoms. The fourth-order valence-electron chi connectivity index (χ4n) is 3.05. The number of hydrogen-bond acceptors (Lipinski definition) is 4. The van der Waals surface area contributed by atoms with E-state index < -0.39 is 10.0 Å². The lowest BCUT2D eigenvalue weighted by atomic mass is 10.2. The number of nitrogens with one attached hydrogen (secondary N) is 2. The SMILES string of the molecule is Cc1c(S(=O)(=O)Nc2cc([C@@H]3C[C@H]3C)[nH]n2)cnn1-c1ccccc1Cl. The van der Waals surface area contributed by atoms with E-state index in [1.165, 1.54) is 10.9 Å². The number of aromatic nitrogens is 4. The monoisotopic (exact) mass is 391 g/mol. The van der Waals surface area contributed by atoms with E-state index in [0.717, 1.165) is 12.1 Å². The number of aromatic amines is 1. The van der Waals surface area contributed by atoms with Crippen LogP contribution in [0.15, 0.2) is 41.4 Å². The summed E-state index contributed by atoms with van der Waals surface area (Å²) in [5.41, 5.74) is 2.05. The van der Waals surface area contributed by atoms with Gasteiger partial charge in [0.1, 0.15) is 4.90 Å². The third kappa shape index (κ3) is 2.99. The van der Waals surface area contributed by atoms with Crippen LogP contribution in [0, 0.1) is 12.8 Å². The van der Waals surface area contributed by atoms with Crippen LogP contribution in [-0.2, 0) is 10.0 Å². The molecule has 2 N–H and O–H groups in total. The first-order valence-corrected chi connectivity index (χ1v) is 10.1. The highest BCUT2D eigenvalue weighted by Gasteiger charge is 2.35. The van der Waals surface area contributed by atoms with Gasteiger partial charge in [-0.1, -0.05) is 30.7 Å². The van der Waals surface area contributed by atoms with Crippen LogP contribution in [0.1, 0.15) is 30.7 Å². The van der Waals surface area contributed by atoms with Crippen LogP contribution >= 0.6 is 11.6 Å². The van der Waals surface area contributed by atoms with Crippen molar-refractivity contribution >= 4 is 27.4 Å². The second-order valence-corrected chi connectivity index (χ2v) is 8.65. The van der Waals surface area contributed by atoms with Gasteiger partial charge in [0.05, 0.1) is 22.6 Å². The van der Waals surface area contributed by atoms with Crippen molar-refractivity contribution in [3.8, 4) is 5.69 Å². The lowest BCUT2D eigenvalue weighted by Gasteiger charge is -2.08. The maximum atomic E-state index is 12.8. The predicted octanol–water partition coefficient (Wildman–Crippen LogP) is 3.48. The Morgan fingerprint density at radius 2 is 2.08 bits per heavy atom. The summed E-state index contributed by atoms with van der Waals surface area (Å²) < 4.78 is 29.5. The van der Waals surface area contributed by atoms with Gasteiger partial charge in [0, 0.05) is 17.7 Å². The molecule has 0 amide bonds. The molecule has 1 saturated carbocycles. The molecule has 4 rings (SSSR count). The second kappa shape index (κ2) is 6.14. The molecule has 9 heteroatoms. The lowest BCUT2D eigenvalue weighted by molar-refractivity contribution is 0.600. The Hall–Kier alpha value is -2.32. The van der Waals surface area contributed by atoms with Crippen molar-refractivity contribution in [2.75, 3.05) is 4.72 Å².